The Morgan fingerprint density at radius 1 is 1.37 bits per heavy atom. The van der Waals surface area contributed by atoms with Crippen LogP contribution in [0.4, 0.5) is 5.69 Å². The van der Waals surface area contributed by atoms with Crippen molar-refractivity contribution in [2.45, 2.75) is 27.7 Å². The number of anilines is 1. The first-order chi connectivity index (χ1) is 8.63. The van der Waals surface area contributed by atoms with Crippen molar-refractivity contribution in [2.75, 3.05) is 10.5 Å². The average molecular weight is 284 g/mol. The van der Waals surface area contributed by atoms with Crippen LogP contribution in [-0.4, -0.2) is 25.1 Å². The molecule has 0 aromatic heterocycles. The second-order valence-electron chi connectivity index (χ2n) is 5.69. The van der Waals surface area contributed by atoms with Crippen molar-refractivity contribution in [1.82, 2.24) is 0 Å². The van der Waals surface area contributed by atoms with Gasteiger partial charge in [0.05, 0.1) is 11.5 Å². The van der Waals surface area contributed by atoms with Crippen molar-refractivity contribution >= 4 is 21.4 Å². The molecular weight excluding hydrogens is 264 g/mol. The summed E-state index contributed by atoms with van der Waals surface area (Å²) >= 11 is 0. The molecule has 0 aliphatic rings. The summed E-state index contributed by atoms with van der Waals surface area (Å²) < 4.78 is 26.5. The zero-order chi connectivity index (χ0) is 14.7. The van der Waals surface area contributed by atoms with Crippen molar-refractivity contribution in [3.63, 3.8) is 0 Å². The van der Waals surface area contributed by atoms with E-state index in [2.05, 4.69) is 9.88 Å². The fourth-order valence-corrected chi connectivity index (χ4v) is 3.35. The minimum Gasteiger partial charge on any atom is -0.411 e. The molecule has 0 spiro atoms. The van der Waals surface area contributed by atoms with Gasteiger partial charge in [-0.1, -0.05) is 38.1 Å². The lowest BCUT2D eigenvalue weighted by molar-refractivity contribution is 0.319. The third-order valence-corrected chi connectivity index (χ3v) is 4.12. The van der Waals surface area contributed by atoms with Gasteiger partial charge in [-0.15, -0.1) is 0 Å². The SMILES string of the molecule is CC(=NO)c1cccc(NS(=O)(=O)CC(C)(C)C)c1. The monoisotopic (exact) mass is 284 g/mol. The van der Waals surface area contributed by atoms with Gasteiger partial charge in [-0.25, -0.2) is 8.42 Å². The summed E-state index contributed by atoms with van der Waals surface area (Å²) in [4.78, 5) is 0. The highest BCUT2D eigenvalue weighted by atomic mass is 32.2. The molecule has 0 aliphatic heterocycles. The Hall–Kier alpha value is -1.56. The van der Waals surface area contributed by atoms with Gasteiger partial charge in [0.1, 0.15) is 0 Å². The normalized spacial score (nSPS) is 13.4. The van der Waals surface area contributed by atoms with Gasteiger partial charge in [0, 0.05) is 11.3 Å². The molecule has 0 saturated carbocycles. The molecule has 0 saturated heterocycles. The van der Waals surface area contributed by atoms with E-state index < -0.39 is 10.0 Å². The number of rotatable bonds is 4. The molecule has 2 N–H and O–H groups in total. The first-order valence-electron chi connectivity index (χ1n) is 5.92. The van der Waals surface area contributed by atoms with Crippen LogP contribution in [0, 0.1) is 5.41 Å². The molecule has 0 aliphatic carbocycles. The standard InChI is InChI=1S/C13H20N2O3S/c1-10(14-16)11-6-5-7-12(8-11)15-19(17,18)9-13(2,3)4/h5-8,15-16H,9H2,1-4H3. The highest BCUT2D eigenvalue weighted by molar-refractivity contribution is 7.92. The van der Waals surface area contributed by atoms with Crippen LogP contribution >= 0.6 is 0 Å². The Balaban J connectivity index is 2.95. The van der Waals surface area contributed by atoms with Gasteiger partial charge in [-0.05, 0) is 24.5 Å². The number of hydrogen-bond acceptors (Lipinski definition) is 4. The summed E-state index contributed by atoms with van der Waals surface area (Å²) in [6.45, 7) is 7.24. The summed E-state index contributed by atoms with van der Waals surface area (Å²) in [5.41, 5.74) is 1.24. The molecule has 106 valence electrons. The summed E-state index contributed by atoms with van der Waals surface area (Å²) in [6, 6.07) is 6.75. The van der Waals surface area contributed by atoms with Crippen LogP contribution in [0.2, 0.25) is 0 Å². The van der Waals surface area contributed by atoms with Gasteiger partial charge in [-0.3, -0.25) is 4.72 Å². The molecule has 1 aromatic rings. The Kier molecular flexibility index (Phi) is 4.57. The Morgan fingerprint density at radius 2 is 2.00 bits per heavy atom. The van der Waals surface area contributed by atoms with E-state index in [1.165, 1.54) is 0 Å². The Labute approximate surface area is 114 Å². The Bertz CT molecular complexity index is 572. The maximum Gasteiger partial charge on any atom is 0.233 e. The molecule has 0 fully saturated rings. The summed E-state index contributed by atoms with van der Waals surface area (Å²) in [5, 5.41) is 11.8. The van der Waals surface area contributed by atoms with Crippen molar-refractivity contribution in [3.05, 3.63) is 29.8 Å². The van der Waals surface area contributed by atoms with Crippen LogP contribution < -0.4 is 4.72 Å². The lowest BCUT2D eigenvalue weighted by Gasteiger charge is -2.19. The molecule has 1 aromatic carbocycles. The predicted molar refractivity (Wildman–Crippen MR) is 77.3 cm³/mol. The zero-order valence-corrected chi connectivity index (χ0v) is 12.5. The van der Waals surface area contributed by atoms with E-state index in [0.717, 1.165) is 0 Å². The molecule has 1 rings (SSSR count). The van der Waals surface area contributed by atoms with Crippen molar-refractivity contribution in [1.29, 1.82) is 0 Å². The van der Waals surface area contributed by atoms with E-state index in [0.29, 0.717) is 17.0 Å². The predicted octanol–water partition coefficient (Wildman–Crippen LogP) is 2.67. The molecule has 0 radical (unpaired) electrons. The summed E-state index contributed by atoms with van der Waals surface area (Å²) in [6.07, 6.45) is 0. The molecule has 0 amide bonds. The third kappa shape index (κ3) is 5.30. The third-order valence-electron chi connectivity index (χ3n) is 2.33. The molecule has 0 bridgehead atoms. The van der Waals surface area contributed by atoms with Gasteiger partial charge < -0.3 is 5.21 Å². The largest absolute Gasteiger partial charge is 0.411 e. The zero-order valence-electron chi connectivity index (χ0n) is 11.6. The van der Waals surface area contributed by atoms with Crippen LogP contribution in [0.1, 0.15) is 33.3 Å². The van der Waals surface area contributed by atoms with Crippen LogP contribution in [0.25, 0.3) is 0 Å². The number of nitrogens with one attached hydrogen (secondary N) is 1. The summed E-state index contributed by atoms with van der Waals surface area (Å²) in [5.74, 6) is 0.0390. The molecule has 0 unspecified atom stereocenters. The second-order valence-corrected chi connectivity index (χ2v) is 7.41. The topological polar surface area (TPSA) is 78.8 Å². The van der Waals surface area contributed by atoms with E-state index in [1.807, 2.05) is 20.8 Å². The van der Waals surface area contributed by atoms with Crippen LogP contribution in [0.5, 0.6) is 0 Å². The number of oxime groups is 1. The number of hydrogen-bond donors (Lipinski definition) is 2. The van der Waals surface area contributed by atoms with E-state index in [9.17, 15) is 8.42 Å². The lowest BCUT2D eigenvalue weighted by atomic mass is 10.0. The van der Waals surface area contributed by atoms with Gasteiger partial charge in [0.15, 0.2) is 0 Å². The van der Waals surface area contributed by atoms with Crippen LogP contribution in [0.15, 0.2) is 29.4 Å². The van der Waals surface area contributed by atoms with Crippen LogP contribution in [0.3, 0.4) is 0 Å². The van der Waals surface area contributed by atoms with E-state index in [-0.39, 0.29) is 11.2 Å². The maximum absolute atomic E-state index is 12.0. The number of sulfonamides is 1. The lowest BCUT2D eigenvalue weighted by Crippen LogP contribution is -2.26. The quantitative estimate of drug-likeness (QED) is 0.507. The molecular formula is C13H20N2O3S. The van der Waals surface area contributed by atoms with E-state index in [4.69, 9.17) is 5.21 Å². The highest BCUT2D eigenvalue weighted by Gasteiger charge is 2.21. The van der Waals surface area contributed by atoms with Crippen LogP contribution in [-0.2, 0) is 10.0 Å². The second kappa shape index (κ2) is 5.61. The fourth-order valence-electron chi connectivity index (χ4n) is 1.65. The van der Waals surface area contributed by atoms with Gasteiger partial charge in [0.25, 0.3) is 0 Å². The average Bonchev–Trinajstić information content (AvgIpc) is 2.24. The first-order valence-corrected chi connectivity index (χ1v) is 7.58. The molecule has 0 atom stereocenters. The molecule has 6 heteroatoms. The summed E-state index contributed by atoms with van der Waals surface area (Å²) in [7, 11) is -3.39. The number of benzene rings is 1. The highest BCUT2D eigenvalue weighted by Crippen LogP contribution is 2.19. The van der Waals surface area contributed by atoms with Crippen molar-refractivity contribution in [2.24, 2.45) is 10.6 Å². The first kappa shape index (κ1) is 15.5. The molecule has 0 heterocycles. The fraction of sp³-hybridized carbons (Fsp3) is 0.462. The molecule has 19 heavy (non-hydrogen) atoms. The van der Waals surface area contributed by atoms with Gasteiger partial charge in [-0.2, -0.15) is 0 Å². The van der Waals surface area contributed by atoms with Gasteiger partial charge in [0.2, 0.25) is 10.0 Å². The van der Waals surface area contributed by atoms with E-state index in [1.54, 1.807) is 31.2 Å². The van der Waals surface area contributed by atoms with Crippen molar-refractivity contribution in [3.8, 4) is 0 Å². The van der Waals surface area contributed by atoms with Crippen molar-refractivity contribution < 1.29 is 13.6 Å². The minimum absolute atomic E-state index is 0.0390. The van der Waals surface area contributed by atoms with E-state index >= 15 is 0 Å². The maximum atomic E-state index is 12.0. The number of nitrogens with zero attached hydrogens (tertiary/aromatic N) is 1. The molecule has 5 nitrogen and oxygen atoms in total. The van der Waals surface area contributed by atoms with Gasteiger partial charge >= 0.3 is 0 Å². The minimum atomic E-state index is -3.39. The Morgan fingerprint density at radius 3 is 2.53 bits per heavy atom. The smallest absolute Gasteiger partial charge is 0.233 e.